The fourth-order valence-corrected chi connectivity index (χ4v) is 4.38. The lowest BCUT2D eigenvalue weighted by atomic mass is 10.0. The van der Waals surface area contributed by atoms with Crippen LogP contribution < -0.4 is 16.0 Å². The first-order valence-corrected chi connectivity index (χ1v) is 11.8. The third-order valence-corrected chi connectivity index (χ3v) is 6.48. The number of hydrogen-bond donors (Lipinski definition) is 3. The molecule has 3 N–H and O–H groups in total. The number of halogens is 1. The number of benzene rings is 2. The predicted octanol–water partition coefficient (Wildman–Crippen LogP) is 3.43. The number of nitrogens with one attached hydrogen (secondary N) is 3. The Morgan fingerprint density at radius 1 is 1.00 bits per heavy atom. The number of anilines is 1. The lowest BCUT2D eigenvalue weighted by molar-refractivity contribution is -0.143. The number of hydrogen-bond acceptors (Lipinski definition) is 5. The molecule has 0 fully saturated rings. The Kier molecular flexibility index (Phi) is 8.66. The van der Waals surface area contributed by atoms with Crippen molar-refractivity contribution in [2.75, 3.05) is 12.4 Å². The summed E-state index contributed by atoms with van der Waals surface area (Å²) in [4.78, 5) is 46.0. The van der Waals surface area contributed by atoms with E-state index in [1.54, 1.807) is 31.1 Å². The molecule has 1 aliphatic rings. The quantitative estimate of drug-likeness (QED) is 0.453. The molecule has 190 valence electrons. The zero-order valence-electron chi connectivity index (χ0n) is 20.8. The van der Waals surface area contributed by atoms with Crippen molar-refractivity contribution in [2.45, 2.75) is 45.4 Å². The minimum absolute atomic E-state index is 0. The molecule has 1 aromatic heterocycles. The minimum Gasteiger partial charge on any atom is -0.343 e. The maximum atomic E-state index is 13.8. The van der Waals surface area contributed by atoms with Gasteiger partial charge in [0.05, 0.1) is 17.2 Å². The van der Waals surface area contributed by atoms with Crippen LogP contribution in [0.5, 0.6) is 0 Å². The van der Waals surface area contributed by atoms with Crippen molar-refractivity contribution in [2.24, 2.45) is 5.92 Å². The Bertz CT molecular complexity index is 1260. The van der Waals surface area contributed by atoms with Gasteiger partial charge in [-0.15, -0.1) is 12.4 Å². The van der Waals surface area contributed by atoms with Gasteiger partial charge in [0.15, 0.2) is 0 Å². The van der Waals surface area contributed by atoms with Crippen LogP contribution in [0.15, 0.2) is 60.8 Å². The molecular formula is C27H32ClN5O3. The molecule has 9 heteroatoms. The van der Waals surface area contributed by atoms with Crippen LogP contribution in [-0.2, 0) is 20.9 Å². The molecule has 0 bridgehead atoms. The van der Waals surface area contributed by atoms with Crippen molar-refractivity contribution in [3.63, 3.8) is 0 Å². The summed E-state index contributed by atoms with van der Waals surface area (Å²) in [5.74, 6) is -1.03. The Balaban J connectivity index is 0.00000361. The van der Waals surface area contributed by atoms with Gasteiger partial charge in [-0.3, -0.25) is 19.4 Å². The summed E-state index contributed by atoms with van der Waals surface area (Å²) in [6, 6.07) is 14.9. The summed E-state index contributed by atoms with van der Waals surface area (Å²) in [6.45, 7) is 5.79. The SMILES string of the molecule is CN[C@@H](C)C(=O)N[C@H](C(=O)N1Cc2ccccc2[C@H]1C(=O)Nc1cccc2cccnc12)C(C)C.Cl. The highest BCUT2D eigenvalue weighted by Crippen LogP contribution is 2.36. The molecule has 8 nitrogen and oxygen atoms in total. The highest BCUT2D eigenvalue weighted by Gasteiger charge is 2.42. The van der Waals surface area contributed by atoms with Crippen LogP contribution >= 0.6 is 12.4 Å². The van der Waals surface area contributed by atoms with Gasteiger partial charge in [0.25, 0.3) is 5.91 Å². The Hall–Kier alpha value is -3.49. The first kappa shape index (κ1) is 27.1. The zero-order valence-corrected chi connectivity index (χ0v) is 21.6. The molecule has 4 rings (SSSR count). The van der Waals surface area contributed by atoms with E-state index >= 15 is 0 Å². The molecule has 0 saturated carbocycles. The van der Waals surface area contributed by atoms with E-state index < -0.39 is 18.1 Å². The van der Waals surface area contributed by atoms with Crippen LogP contribution in [0, 0.1) is 5.92 Å². The number of likely N-dealkylation sites (N-methyl/N-ethyl adjacent to an activating group) is 1. The van der Waals surface area contributed by atoms with Crippen LogP contribution in [-0.4, -0.2) is 46.7 Å². The number of carbonyl (C=O) groups is 3. The van der Waals surface area contributed by atoms with Crippen LogP contribution in [0.3, 0.4) is 0 Å². The molecule has 0 aliphatic carbocycles. The Morgan fingerprint density at radius 3 is 2.44 bits per heavy atom. The number of nitrogens with zero attached hydrogens (tertiary/aromatic N) is 2. The zero-order chi connectivity index (χ0) is 25.1. The lowest BCUT2D eigenvalue weighted by Gasteiger charge is -2.31. The second kappa shape index (κ2) is 11.5. The number of aromatic nitrogens is 1. The van der Waals surface area contributed by atoms with Gasteiger partial charge in [-0.1, -0.05) is 56.3 Å². The Labute approximate surface area is 217 Å². The van der Waals surface area contributed by atoms with Crippen molar-refractivity contribution in [1.82, 2.24) is 20.5 Å². The molecular weight excluding hydrogens is 478 g/mol. The number of rotatable bonds is 7. The van der Waals surface area contributed by atoms with E-state index in [9.17, 15) is 14.4 Å². The summed E-state index contributed by atoms with van der Waals surface area (Å²) in [6.07, 6.45) is 1.68. The van der Waals surface area contributed by atoms with Gasteiger partial charge in [-0.05, 0) is 43.1 Å². The van der Waals surface area contributed by atoms with E-state index in [4.69, 9.17) is 0 Å². The van der Waals surface area contributed by atoms with E-state index in [2.05, 4.69) is 20.9 Å². The van der Waals surface area contributed by atoms with Crippen LogP contribution in [0.2, 0.25) is 0 Å². The molecule has 0 radical (unpaired) electrons. The molecule has 2 heterocycles. The monoisotopic (exact) mass is 509 g/mol. The van der Waals surface area contributed by atoms with Crippen molar-refractivity contribution >= 4 is 46.7 Å². The van der Waals surface area contributed by atoms with Crippen molar-refractivity contribution < 1.29 is 14.4 Å². The van der Waals surface area contributed by atoms with Crippen molar-refractivity contribution in [1.29, 1.82) is 0 Å². The second-order valence-corrected chi connectivity index (χ2v) is 9.18. The summed E-state index contributed by atoms with van der Waals surface area (Å²) in [5, 5.41) is 9.67. The maximum absolute atomic E-state index is 13.8. The molecule has 2 aromatic carbocycles. The summed E-state index contributed by atoms with van der Waals surface area (Å²) in [5.41, 5.74) is 2.96. The second-order valence-electron chi connectivity index (χ2n) is 9.18. The van der Waals surface area contributed by atoms with Gasteiger partial charge in [0, 0.05) is 18.1 Å². The third-order valence-electron chi connectivity index (χ3n) is 6.48. The van der Waals surface area contributed by atoms with Gasteiger partial charge < -0.3 is 20.9 Å². The average Bonchev–Trinajstić information content (AvgIpc) is 3.26. The number of carbonyl (C=O) groups excluding carboxylic acids is 3. The van der Waals surface area contributed by atoms with Crippen LogP contribution in [0.4, 0.5) is 5.69 Å². The van der Waals surface area contributed by atoms with E-state index in [-0.39, 0.29) is 36.0 Å². The van der Waals surface area contributed by atoms with E-state index in [1.165, 1.54) is 0 Å². The van der Waals surface area contributed by atoms with Crippen molar-refractivity contribution in [3.05, 3.63) is 71.9 Å². The standard InChI is InChI=1S/C27H31N5O3.ClH/c1-16(2)22(31-25(33)17(3)28-4)27(35)32-15-19-9-5-6-12-20(19)24(32)26(34)30-21-13-7-10-18-11-8-14-29-23(18)21;/h5-14,16-17,22,24,28H,15H2,1-4H3,(H,30,34)(H,31,33);1H/t17-,22-,24-;/m0./s1. The molecule has 3 aromatic rings. The molecule has 0 unspecified atom stereocenters. The average molecular weight is 510 g/mol. The van der Waals surface area contributed by atoms with Crippen molar-refractivity contribution in [3.8, 4) is 0 Å². The van der Waals surface area contributed by atoms with E-state index in [0.717, 1.165) is 16.5 Å². The van der Waals surface area contributed by atoms with Gasteiger partial charge >= 0.3 is 0 Å². The number of amides is 3. The highest BCUT2D eigenvalue weighted by molar-refractivity contribution is 6.04. The molecule has 1 aliphatic heterocycles. The number of pyridine rings is 1. The summed E-state index contributed by atoms with van der Waals surface area (Å²) < 4.78 is 0. The topological polar surface area (TPSA) is 103 Å². The van der Waals surface area contributed by atoms with Gasteiger partial charge in [0.2, 0.25) is 11.8 Å². The predicted molar refractivity (Wildman–Crippen MR) is 143 cm³/mol. The van der Waals surface area contributed by atoms with Gasteiger partial charge in [-0.2, -0.15) is 0 Å². The largest absolute Gasteiger partial charge is 0.343 e. The molecule has 36 heavy (non-hydrogen) atoms. The van der Waals surface area contributed by atoms with Gasteiger partial charge in [0.1, 0.15) is 12.1 Å². The Morgan fingerprint density at radius 2 is 1.72 bits per heavy atom. The highest BCUT2D eigenvalue weighted by atomic mass is 35.5. The van der Waals surface area contributed by atoms with E-state index in [0.29, 0.717) is 17.7 Å². The summed E-state index contributed by atoms with van der Waals surface area (Å²) >= 11 is 0. The smallest absolute Gasteiger partial charge is 0.251 e. The first-order chi connectivity index (χ1) is 16.8. The fraction of sp³-hybridized carbons (Fsp3) is 0.333. The minimum atomic E-state index is -0.822. The number of fused-ring (bicyclic) bond motifs is 2. The van der Waals surface area contributed by atoms with Crippen LogP contribution in [0.25, 0.3) is 10.9 Å². The fourth-order valence-electron chi connectivity index (χ4n) is 4.38. The normalized spacial score (nSPS) is 16.1. The summed E-state index contributed by atoms with van der Waals surface area (Å²) in [7, 11) is 1.69. The first-order valence-electron chi connectivity index (χ1n) is 11.8. The molecule has 0 saturated heterocycles. The molecule has 0 spiro atoms. The van der Waals surface area contributed by atoms with Crippen LogP contribution in [0.1, 0.15) is 37.9 Å². The lowest BCUT2D eigenvalue weighted by Crippen LogP contribution is -2.55. The molecule has 3 amide bonds. The van der Waals surface area contributed by atoms with Gasteiger partial charge in [-0.25, -0.2) is 0 Å². The third kappa shape index (κ3) is 5.34. The maximum Gasteiger partial charge on any atom is 0.251 e. The number of para-hydroxylation sites is 1. The van der Waals surface area contributed by atoms with E-state index in [1.807, 2.05) is 62.4 Å². The molecule has 3 atom stereocenters.